The van der Waals surface area contributed by atoms with E-state index in [-0.39, 0.29) is 18.3 Å². The number of nitrogens with one attached hydrogen (secondary N) is 1. The Balaban J connectivity index is 2.51. The third-order valence-corrected chi connectivity index (χ3v) is 3.78. The predicted molar refractivity (Wildman–Crippen MR) is 65.5 cm³/mol. The molecule has 0 fully saturated rings. The van der Waals surface area contributed by atoms with E-state index in [1.165, 1.54) is 0 Å². The molecule has 0 aliphatic carbocycles. The van der Waals surface area contributed by atoms with E-state index in [1.54, 1.807) is 0 Å². The minimum Gasteiger partial charge on any atom is -0.323 e. The molecule has 0 saturated heterocycles. The Morgan fingerprint density at radius 3 is 2.50 bits per heavy atom. The van der Waals surface area contributed by atoms with Crippen LogP contribution >= 0.6 is 0 Å². The highest BCUT2D eigenvalue weighted by Gasteiger charge is 2.11. The first-order chi connectivity index (χ1) is 7.55. The van der Waals surface area contributed by atoms with E-state index in [4.69, 9.17) is 5.73 Å². The molecule has 90 valence electrons. The molecule has 16 heavy (non-hydrogen) atoms. The molecule has 1 unspecified atom stereocenters. The lowest BCUT2D eigenvalue weighted by Crippen LogP contribution is -2.33. The molecule has 0 aliphatic heterocycles. The molecule has 0 heterocycles. The summed E-state index contributed by atoms with van der Waals surface area (Å²) in [5.41, 5.74) is 6.80. The topological polar surface area (TPSA) is 72.2 Å². The van der Waals surface area contributed by atoms with Gasteiger partial charge < -0.3 is 5.73 Å². The van der Waals surface area contributed by atoms with Gasteiger partial charge in [-0.15, -0.1) is 0 Å². The van der Waals surface area contributed by atoms with Crippen molar-refractivity contribution in [3.05, 3.63) is 35.9 Å². The van der Waals surface area contributed by atoms with E-state index in [1.807, 2.05) is 37.3 Å². The zero-order valence-electron chi connectivity index (χ0n) is 9.39. The van der Waals surface area contributed by atoms with Crippen LogP contribution in [0.3, 0.4) is 0 Å². The zero-order chi connectivity index (χ0) is 12.0. The van der Waals surface area contributed by atoms with E-state index in [2.05, 4.69) is 4.72 Å². The summed E-state index contributed by atoms with van der Waals surface area (Å²) in [4.78, 5) is 0. The van der Waals surface area contributed by atoms with Crippen molar-refractivity contribution in [2.45, 2.75) is 19.4 Å². The molecular formula is C11H18N2O2S. The second-order valence-electron chi connectivity index (χ2n) is 3.68. The van der Waals surface area contributed by atoms with Gasteiger partial charge in [0.15, 0.2) is 0 Å². The van der Waals surface area contributed by atoms with Crippen LogP contribution in [0.25, 0.3) is 0 Å². The highest BCUT2D eigenvalue weighted by atomic mass is 32.2. The monoisotopic (exact) mass is 242 g/mol. The maximum Gasteiger partial charge on any atom is 0.211 e. The molecule has 0 saturated carbocycles. The molecule has 0 aliphatic rings. The third-order valence-electron chi connectivity index (χ3n) is 2.22. The molecule has 0 aromatic heterocycles. The largest absolute Gasteiger partial charge is 0.323 e. The lowest BCUT2D eigenvalue weighted by atomic mass is 10.1. The summed E-state index contributed by atoms with van der Waals surface area (Å²) in [7, 11) is -3.16. The Labute approximate surface area is 96.9 Å². The van der Waals surface area contributed by atoms with Gasteiger partial charge in [-0.25, -0.2) is 13.1 Å². The van der Waals surface area contributed by atoms with E-state index in [0.29, 0.717) is 6.42 Å². The molecule has 1 atom stereocenters. The molecule has 0 spiro atoms. The Morgan fingerprint density at radius 1 is 1.31 bits per heavy atom. The van der Waals surface area contributed by atoms with Crippen LogP contribution in [0, 0.1) is 0 Å². The number of sulfonamides is 1. The van der Waals surface area contributed by atoms with E-state index in [0.717, 1.165) is 5.56 Å². The maximum atomic E-state index is 11.4. The van der Waals surface area contributed by atoms with Crippen LogP contribution in [-0.2, 0) is 10.0 Å². The smallest absolute Gasteiger partial charge is 0.211 e. The minimum absolute atomic E-state index is 0.147. The van der Waals surface area contributed by atoms with Gasteiger partial charge in [0.1, 0.15) is 0 Å². The second kappa shape index (κ2) is 5.98. The van der Waals surface area contributed by atoms with Crippen molar-refractivity contribution in [2.75, 3.05) is 12.3 Å². The molecule has 1 rings (SSSR count). The van der Waals surface area contributed by atoms with Crippen LogP contribution in [0.5, 0.6) is 0 Å². The number of nitrogens with two attached hydrogens (primary N) is 1. The lowest BCUT2D eigenvalue weighted by molar-refractivity contribution is 0.571. The molecule has 1 aromatic rings. The van der Waals surface area contributed by atoms with Gasteiger partial charge in [-0.3, -0.25) is 0 Å². The van der Waals surface area contributed by atoms with Crippen LogP contribution in [-0.4, -0.2) is 20.7 Å². The van der Waals surface area contributed by atoms with E-state index >= 15 is 0 Å². The van der Waals surface area contributed by atoms with Crippen molar-refractivity contribution in [1.29, 1.82) is 0 Å². The van der Waals surface area contributed by atoms with Gasteiger partial charge in [0.25, 0.3) is 0 Å². The lowest BCUT2D eigenvalue weighted by Gasteiger charge is -2.13. The zero-order valence-corrected chi connectivity index (χ0v) is 10.2. The Kier molecular flexibility index (Phi) is 4.92. The number of hydrogen-bond donors (Lipinski definition) is 2. The molecule has 5 heteroatoms. The molecule has 0 bridgehead atoms. The average Bonchev–Trinajstić information content (AvgIpc) is 2.27. The van der Waals surface area contributed by atoms with Gasteiger partial charge in [0, 0.05) is 12.6 Å². The van der Waals surface area contributed by atoms with Gasteiger partial charge >= 0.3 is 0 Å². The fourth-order valence-electron chi connectivity index (χ4n) is 1.38. The summed E-state index contributed by atoms with van der Waals surface area (Å²) in [6.45, 7) is 2.07. The predicted octanol–water partition coefficient (Wildman–Crippen LogP) is 1.02. The maximum absolute atomic E-state index is 11.4. The van der Waals surface area contributed by atoms with Crippen molar-refractivity contribution < 1.29 is 8.42 Å². The van der Waals surface area contributed by atoms with Crippen molar-refractivity contribution in [3.8, 4) is 0 Å². The minimum atomic E-state index is -3.16. The van der Waals surface area contributed by atoms with E-state index in [9.17, 15) is 8.42 Å². The van der Waals surface area contributed by atoms with Crippen molar-refractivity contribution >= 4 is 10.0 Å². The van der Waals surface area contributed by atoms with Gasteiger partial charge in [-0.2, -0.15) is 0 Å². The molecular weight excluding hydrogens is 224 g/mol. The van der Waals surface area contributed by atoms with Gasteiger partial charge in [-0.1, -0.05) is 37.3 Å². The van der Waals surface area contributed by atoms with Gasteiger partial charge in [0.05, 0.1) is 5.75 Å². The normalized spacial score (nSPS) is 13.6. The summed E-state index contributed by atoms with van der Waals surface area (Å²) in [5, 5.41) is 0. The Bertz CT molecular complexity index is 403. The molecule has 1 aromatic carbocycles. The highest BCUT2D eigenvalue weighted by Crippen LogP contribution is 2.08. The average molecular weight is 242 g/mol. The molecule has 4 nitrogen and oxygen atoms in total. The molecule has 3 N–H and O–H groups in total. The first-order valence-corrected chi connectivity index (χ1v) is 6.98. The first-order valence-electron chi connectivity index (χ1n) is 5.33. The quantitative estimate of drug-likeness (QED) is 0.782. The number of hydrogen-bond acceptors (Lipinski definition) is 3. The fraction of sp³-hybridized carbons (Fsp3) is 0.455. The third kappa shape index (κ3) is 4.30. The van der Waals surface area contributed by atoms with Gasteiger partial charge in [-0.05, 0) is 12.0 Å². The second-order valence-corrected chi connectivity index (χ2v) is 5.61. The van der Waals surface area contributed by atoms with Crippen molar-refractivity contribution in [2.24, 2.45) is 5.73 Å². The van der Waals surface area contributed by atoms with Crippen LogP contribution in [0.1, 0.15) is 24.9 Å². The summed E-state index contributed by atoms with van der Waals surface area (Å²) >= 11 is 0. The Morgan fingerprint density at radius 2 is 1.94 bits per heavy atom. The summed E-state index contributed by atoms with van der Waals surface area (Å²) < 4.78 is 25.3. The van der Waals surface area contributed by atoms with Crippen LogP contribution in [0.2, 0.25) is 0 Å². The Hall–Kier alpha value is -0.910. The van der Waals surface area contributed by atoms with Crippen molar-refractivity contribution in [1.82, 2.24) is 4.72 Å². The van der Waals surface area contributed by atoms with Crippen LogP contribution in [0.15, 0.2) is 30.3 Å². The van der Waals surface area contributed by atoms with Crippen molar-refractivity contribution in [3.63, 3.8) is 0 Å². The standard InChI is InChI=1S/C11H18N2O2S/c1-2-8-16(14,15)13-9-11(12)10-6-4-3-5-7-10/h3-7,11,13H,2,8-9,12H2,1H3. The van der Waals surface area contributed by atoms with Crippen LogP contribution < -0.4 is 10.5 Å². The summed E-state index contributed by atoms with van der Waals surface area (Å²) in [6, 6.07) is 9.15. The number of benzene rings is 1. The molecule has 0 radical (unpaired) electrons. The van der Waals surface area contributed by atoms with Crippen LogP contribution in [0.4, 0.5) is 0 Å². The molecule has 0 amide bonds. The van der Waals surface area contributed by atoms with E-state index < -0.39 is 10.0 Å². The summed E-state index contributed by atoms with van der Waals surface area (Å²) in [5.74, 6) is 0.147. The SMILES string of the molecule is CCCS(=O)(=O)NCC(N)c1ccccc1. The van der Waals surface area contributed by atoms with Gasteiger partial charge in [0.2, 0.25) is 10.0 Å². The highest BCUT2D eigenvalue weighted by molar-refractivity contribution is 7.89. The number of rotatable bonds is 6. The summed E-state index contributed by atoms with van der Waals surface area (Å²) in [6.07, 6.45) is 0.607. The first kappa shape index (κ1) is 13.2. The fourth-order valence-corrected chi connectivity index (χ4v) is 2.49.